The van der Waals surface area contributed by atoms with Crippen LogP contribution in [0, 0.1) is 0 Å². The fraction of sp³-hybridized carbons (Fsp3) is 0.455. The molecule has 1 rings (SSSR count). The maximum atomic E-state index is 5.28. The lowest BCUT2D eigenvalue weighted by Crippen LogP contribution is -2.10. The molecule has 14 heavy (non-hydrogen) atoms. The van der Waals surface area contributed by atoms with E-state index < -0.39 is 0 Å². The summed E-state index contributed by atoms with van der Waals surface area (Å²) in [6.07, 6.45) is 0. The van der Waals surface area contributed by atoms with Gasteiger partial charge in [-0.1, -0.05) is 13.8 Å². The number of methoxy groups -OCH3 is 1. The lowest BCUT2D eigenvalue weighted by molar-refractivity contribution is 0.327. The van der Waals surface area contributed by atoms with E-state index in [9.17, 15) is 0 Å². The molecule has 0 bridgehead atoms. The van der Waals surface area contributed by atoms with Crippen molar-refractivity contribution >= 4 is 0 Å². The summed E-state index contributed by atoms with van der Waals surface area (Å²) in [5.41, 5.74) is 5.28. The average molecular weight is 197 g/mol. The van der Waals surface area contributed by atoms with Crippen LogP contribution in [-0.2, 0) is 0 Å². The van der Waals surface area contributed by atoms with Gasteiger partial charge in [-0.05, 0) is 24.3 Å². The van der Waals surface area contributed by atoms with Crippen molar-refractivity contribution in [3.05, 3.63) is 24.3 Å². The van der Waals surface area contributed by atoms with Gasteiger partial charge in [0.25, 0.3) is 0 Å². The van der Waals surface area contributed by atoms with Crippen molar-refractivity contribution in [1.29, 1.82) is 0 Å². The molecule has 0 saturated carbocycles. The zero-order chi connectivity index (χ0) is 10.8. The highest BCUT2D eigenvalue weighted by molar-refractivity contribution is 5.31. The van der Waals surface area contributed by atoms with Gasteiger partial charge in [-0.3, -0.25) is 0 Å². The monoisotopic (exact) mass is 197 g/mol. The molecule has 1 aromatic carbocycles. The van der Waals surface area contributed by atoms with Crippen LogP contribution in [0.2, 0.25) is 0 Å². The van der Waals surface area contributed by atoms with Gasteiger partial charge < -0.3 is 15.2 Å². The van der Waals surface area contributed by atoms with E-state index in [4.69, 9.17) is 15.2 Å². The van der Waals surface area contributed by atoms with E-state index in [2.05, 4.69) is 0 Å². The van der Waals surface area contributed by atoms with Gasteiger partial charge >= 0.3 is 0 Å². The molecule has 0 heterocycles. The van der Waals surface area contributed by atoms with Crippen LogP contribution in [0.15, 0.2) is 24.3 Å². The summed E-state index contributed by atoms with van der Waals surface area (Å²) in [5.74, 6) is 1.65. The first-order valence-corrected chi connectivity index (χ1v) is 4.83. The molecule has 3 heteroatoms. The Kier molecular flexibility index (Phi) is 7.65. The third-order valence-electron chi connectivity index (χ3n) is 1.45. The van der Waals surface area contributed by atoms with Gasteiger partial charge in [0, 0.05) is 6.54 Å². The Morgan fingerprint density at radius 3 is 2.00 bits per heavy atom. The van der Waals surface area contributed by atoms with Crippen LogP contribution < -0.4 is 15.2 Å². The predicted molar refractivity (Wildman–Crippen MR) is 58.9 cm³/mol. The maximum absolute atomic E-state index is 5.28. The molecule has 1 aromatic rings. The summed E-state index contributed by atoms with van der Waals surface area (Å²) in [7, 11) is 1.63. The number of ether oxygens (including phenoxy) is 2. The molecule has 0 saturated heterocycles. The minimum Gasteiger partial charge on any atom is -0.497 e. The smallest absolute Gasteiger partial charge is 0.119 e. The van der Waals surface area contributed by atoms with E-state index >= 15 is 0 Å². The number of rotatable bonds is 4. The normalized spacial score (nSPS) is 8.57. The Morgan fingerprint density at radius 2 is 1.57 bits per heavy atom. The van der Waals surface area contributed by atoms with Gasteiger partial charge in [-0.15, -0.1) is 0 Å². The van der Waals surface area contributed by atoms with E-state index in [-0.39, 0.29) is 0 Å². The third kappa shape index (κ3) is 4.72. The summed E-state index contributed by atoms with van der Waals surface area (Å²) < 4.78 is 10.3. The van der Waals surface area contributed by atoms with Gasteiger partial charge in [0.2, 0.25) is 0 Å². The maximum Gasteiger partial charge on any atom is 0.119 e. The number of hydrogen-bond acceptors (Lipinski definition) is 3. The Hall–Kier alpha value is -1.22. The summed E-state index contributed by atoms with van der Waals surface area (Å²) >= 11 is 0. The van der Waals surface area contributed by atoms with E-state index in [1.54, 1.807) is 7.11 Å². The molecule has 0 aliphatic heterocycles. The molecular formula is C11H19NO2. The molecule has 0 radical (unpaired) electrons. The zero-order valence-electron chi connectivity index (χ0n) is 9.12. The second-order valence-electron chi connectivity index (χ2n) is 2.31. The zero-order valence-corrected chi connectivity index (χ0v) is 9.12. The van der Waals surface area contributed by atoms with Crippen LogP contribution in [0.5, 0.6) is 11.5 Å². The van der Waals surface area contributed by atoms with Crippen LogP contribution in [0.25, 0.3) is 0 Å². The first-order chi connectivity index (χ1) is 6.86. The largest absolute Gasteiger partial charge is 0.497 e. The molecule has 0 aromatic heterocycles. The molecule has 2 N–H and O–H groups in total. The lowest BCUT2D eigenvalue weighted by atomic mass is 10.3. The van der Waals surface area contributed by atoms with E-state index in [1.165, 1.54) is 0 Å². The van der Waals surface area contributed by atoms with E-state index in [1.807, 2.05) is 38.1 Å². The van der Waals surface area contributed by atoms with Crippen molar-refractivity contribution in [2.75, 3.05) is 20.3 Å². The quantitative estimate of drug-likeness (QED) is 0.803. The SMILES string of the molecule is CC.COc1ccc(OCCN)cc1. The summed E-state index contributed by atoms with van der Waals surface area (Å²) in [4.78, 5) is 0. The molecular weight excluding hydrogens is 178 g/mol. The fourth-order valence-corrected chi connectivity index (χ4v) is 0.849. The highest BCUT2D eigenvalue weighted by Gasteiger charge is 1.92. The van der Waals surface area contributed by atoms with Crippen molar-refractivity contribution in [3.63, 3.8) is 0 Å². The third-order valence-corrected chi connectivity index (χ3v) is 1.45. The standard InChI is InChI=1S/C9H13NO2.C2H6/c1-11-8-2-4-9(5-3-8)12-7-6-10;1-2/h2-5H,6-7,10H2,1H3;1-2H3. The van der Waals surface area contributed by atoms with Crippen molar-refractivity contribution in [2.45, 2.75) is 13.8 Å². The lowest BCUT2D eigenvalue weighted by Gasteiger charge is -2.04. The van der Waals surface area contributed by atoms with Crippen LogP contribution >= 0.6 is 0 Å². The predicted octanol–water partition coefficient (Wildman–Crippen LogP) is 2.06. The van der Waals surface area contributed by atoms with E-state index in [0.717, 1.165) is 11.5 Å². The van der Waals surface area contributed by atoms with Gasteiger partial charge in [0.15, 0.2) is 0 Å². The molecule has 0 atom stereocenters. The first-order valence-electron chi connectivity index (χ1n) is 4.83. The summed E-state index contributed by atoms with van der Waals surface area (Å²) in [5, 5.41) is 0. The molecule has 0 amide bonds. The highest BCUT2D eigenvalue weighted by atomic mass is 16.5. The van der Waals surface area contributed by atoms with Crippen LogP contribution in [-0.4, -0.2) is 20.3 Å². The highest BCUT2D eigenvalue weighted by Crippen LogP contribution is 2.16. The fourth-order valence-electron chi connectivity index (χ4n) is 0.849. The van der Waals surface area contributed by atoms with Crippen molar-refractivity contribution in [2.24, 2.45) is 5.73 Å². The average Bonchev–Trinajstić information content (AvgIpc) is 2.30. The Morgan fingerprint density at radius 1 is 1.07 bits per heavy atom. The second-order valence-corrected chi connectivity index (χ2v) is 2.31. The van der Waals surface area contributed by atoms with Crippen LogP contribution in [0.3, 0.4) is 0 Å². The molecule has 0 spiro atoms. The minimum absolute atomic E-state index is 0.534. The second kappa shape index (κ2) is 8.38. The van der Waals surface area contributed by atoms with Crippen LogP contribution in [0.1, 0.15) is 13.8 Å². The molecule has 0 aliphatic rings. The molecule has 0 aliphatic carbocycles. The molecule has 3 nitrogen and oxygen atoms in total. The van der Waals surface area contributed by atoms with Gasteiger partial charge in [-0.2, -0.15) is 0 Å². The Bertz CT molecular complexity index is 221. The van der Waals surface area contributed by atoms with Crippen molar-refractivity contribution in [3.8, 4) is 11.5 Å². The number of hydrogen-bond donors (Lipinski definition) is 1. The number of nitrogens with two attached hydrogens (primary N) is 1. The van der Waals surface area contributed by atoms with Crippen molar-refractivity contribution < 1.29 is 9.47 Å². The number of benzene rings is 1. The molecule has 0 unspecified atom stereocenters. The Labute approximate surface area is 85.8 Å². The van der Waals surface area contributed by atoms with E-state index in [0.29, 0.717) is 13.2 Å². The minimum atomic E-state index is 0.534. The van der Waals surface area contributed by atoms with Crippen LogP contribution in [0.4, 0.5) is 0 Å². The van der Waals surface area contributed by atoms with Gasteiger partial charge in [-0.25, -0.2) is 0 Å². The molecule has 80 valence electrons. The Balaban J connectivity index is 0.000000791. The summed E-state index contributed by atoms with van der Waals surface area (Å²) in [6.45, 7) is 5.08. The van der Waals surface area contributed by atoms with Crippen molar-refractivity contribution in [1.82, 2.24) is 0 Å². The topological polar surface area (TPSA) is 44.5 Å². The van der Waals surface area contributed by atoms with Gasteiger partial charge in [0.05, 0.1) is 7.11 Å². The first kappa shape index (κ1) is 12.8. The molecule has 0 fully saturated rings. The summed E-state index contributed by atoms with van der Waals surface area (Å²) in [6, 6.07) is 7.42. The van der Waals surface area contributed by atoms with Gasteiger partial charge in [0.1, 0.15) is 18.1 Å².